The fourth-order valence-corrected chi connectivity index (χ4v) is 3.67. The first-order chi connectivity index (χ1) is 14.1. The molecule has 5 rings (SSSR count). The number of ether oxygens (including phenoxy) is 1. The van der Waals surface area contributed by atoms with Crippen LogP contribution in [-0.4, -0.2) is 26.6 Å². The molecular weight excluding hydrogens is 362 g/mol. The molecule has 3 heterocycles. The Morgan fingerprint density at radius 3 is 2.38 bits per heavy atom. The predicted molar refractivity (Wildman–Crippen MR) is 115 cm³/mol. The van der Waals surface area contributed by atoms with E-state index in [9.17, 15) is 0 Å². The zero-order chi connectivity index (χ0) is 20.0. The average molecular weight is 381 g/mol. The van der Waals surface area contributed by atoms with E-state index in [1.165, 1.54) is 0 Å². The fraction of sp³-hybridized carbons (Fsp3) is 0.0870. The number of hydrogen-bond acceptors (Lipinski definition) is 5. The number of pyridine rings is 2. The third-order valence-electron chi connectivity index (χ3n) is 5.10. The van der Waals surface area contributed by atoms with Crippen molar-refractivity contribution in [2.75, 3.05) is 12.8 Å². The van der Waals surface area contributed by atoms with E-state index >= 15 is 0 Å². The number of anilines is 1. The van der Waals surface area contributed by atoms with Crippen LogP contribution in [0.2, 0.25) is 0 Å². The number of imidazole rings is 1. The lowest BCUT2D eigenvalue weighted by Gasteiger charge is -2.10. The van der Waals surface area contributed by atoms with Crippen molar-refractivity contribution >= 4 is 27.8 Å². The van der Waals surface area contributed by atoms with E-state index in [1.54, 1.807) is 13.3 Å². The molecule has 0 aliphatic rings. The number of benzene rings is 2. The quantitative estimate of drug-likeness (QED) is 0.496. The first kappa shape index (κ1) is 17.2. The highest BCUT2D eigenvalue weighted by Crippen LogP contribution is 2.31. The monoisotopic (exact) mass is 381 g/mol. The molecular formula is C23H19N5O. The van der Waals surface area contributed by atoms with Crippen LogP contribution in [0.4, 0.5) is 5.82 Å². The number of hydrogen-bond donors (Lipinski definition) is 1. The molecule has 0 amide bonds. The Kier molecular flexibility index (Phi) is 3.91. The van der Waals surface area contributed by atoms with Crippen molar-refractivity contribution in [3.05, 3.63) is 72.8 Å². The van der Waals surface area contributed by atoms with E-state index in [0.29, 0.717) is 5.82 Å². The summed E-state index contributed by atoms with van der Waals surface area (Å²) < 4.78 is 7.45. The van der Waals surface area contributed by atoms with Gasteiger partial charge in [0.2, 0.25) is 0 Å². The lowest BCUT2D eigenvalue weighted by atomic mass is 10.0. The van der Waals surface area contributed by atoms with E-state index in [1.807, 2.05) is 55.6 Å². The Morgan fingerprint density at radius 1 is 0.862 bits per heavy atom. The first-order valence-corrected chi connectivity index (χ1v) is 9.28. The van der Waals surface area contributed by atoms with Crippen LogP contribution >= 0.6 is 0 Å². The van der Waals surface area contributed by atoms with E-state index in [4.69, 9.17) is 15.5 Å². The van der Waals surface area contributed by atoms with Crippen molar-refractivity contribution in [1.29, 1.82) is 0 Å². The van der Waals surface area contributed by atoms with Crippen LogP contribution in [0.3, 0.4) is 0 Å². The second-order valence-electron chi connectivity index (χ2n) is 6.89. The molecule has 0 saturated carbocycles. The Bertz CT molecular complexity index is 1340. The summed E-state index contributed by atoms with van der Waals surface area (Å²) in [7, 11) is 1.67. The van der Waals surface area contributed by atoms with Crippen molar-refractivity contribution in [3.63, 3.8) is 0 Å². The van der Waals surface area contributed by atoms with Gasteiger partial charge in [-0.3, -0.25) is 9.55 Å². The van der Waals surface area contributed by atoms with Gasteiger partial charge in [0.15, 0.2) is 0 Å². The minimum absolute atomic E-state index is 0.506. The summed E-state index contributed by atoms with van der Waals surface area (Å²) in [6.07, 6.45) is 3.62. The Balaban J connectivity index is 1.78. The van der Waals surface area contributed by atoms with Gasteiger partial charge in [0.05, 0.1) is 24.3 Å². The molecule has 29 heavy (non-hydrogen) atoms. The summed E-state index contributed by atoms with van der Waals surface area (Å²) in [5.41, 5.74) is 11.6. The number of nitrogen functional groups attached to an aromatic ring is 1. The number of nitrogens with two attached hydrogens (primary N) is 1. The van der Waals surface area contributed by atoms with Crippen molar-refractivity contribution in [1.82, 2.24) is 19.5 Å². The highest BCUT2D eigenvalue weighted by molar-refractivity contribution is 6.04. The summed E-state index contributed by atoms with van der Waals surface area (Å²) in [6.45, 7) is 2.00. The largest absolute Gasteiger partial charge is 0.497 e. The summed E-state index contributed by atoms with van der Waals surface area (Å²) in [6, 6.07) is 18.0. The summed E-state index contributed by atoms with van der Waals surface area (Å²) in [4.78, 5) is 13.6. The van der Waals surface area contributed by atoms with Gasteiger partial charge in [0.1, 0.15) is 22.9 Å². The molecule has 2 aromatic carbocycles. The SMILES string of the molecule is COc1ccc(-n2c(C)nc3cnc4ccc(-c5ccc(N)nc5)cc4c32)cc1. The molecule has 0 aliphatic carbocycles. The molecule has 0 spiro atoms. The molecule has 0 saturated heterocycles. The van der Waals surface area contributed by atoms with Crippen LogP contribution in [-0.2, 0) is 0 Å². The Hall–Kier alpha value is -3.93. The van der Waals surface area contributed by atoms with Crippen LogP contribution in [0.25, 0.3) is 38.8 Å². The summed E-state index contributed by atoms with van der Waals surface area (Å²) >= 11 is 0. The average Bonchev–Trinajstić information content (AvgIpc) is 3.10. The number of aromatic nitrogens is 4. The van der Waals surface area contributed by atoms with Gasteiger partial charge < -0.3 is 10.5 Å². The number of methoxy groups -OCH3 is 1. The van der Waals surface area contributed by atoms with Crippen LogP contribution in [0, 0.1) is 6.92 Å². The van der Waals surface area contributed by atoms with Crippen LogP contribution in [0.15, 0.2) is 67.0 Å². The van der Waals surface area contributed by atoms with E-state index in [2.05, 4.69) is 26.7 Å². The maximum absolute atomic E-state index is 5.74. The molecule has 0 unspecified atom stereocenters. The third-order valence-corrected chi connectivity index (χ3v) is 5.10. The zero-order valence-corrected chi connectivity index (χ0v) is 16.1. The van der Waals surface area contributed by atoms with Crippen molar-refractivity contribution in [2.45, 2.75) is 6.92 Å². The predicted octanol–water partition coefficient (Wildman–Crippen LogP) is 4.53. The van der Waals surface area contributed by atoms with E-state index < -0.39 is 0 Å². The molecule has 0 bridgehead atoms. The second kappa shape index (κ2) is 6.60. The van der Waals surface area contributed by atoms with Gasteiger partial charge in [-0.05, 0) is 61.0 Å². The van der Waals surface area contributed by atoms with E-state index in [0.717, 1.165) is 50.3 Å². The molecule has 0 fully saturated rings. The number of rotatable bonds is 3. The topological polar surface area (TPSA) is 78.8 Å². The molecule has 6 heteroatoms. The molecule has 0 radical (unpaired) electrons. The highest BCUT2D eigenvalue weighted by Gasteiger charge is 2.14. The Labute approximate surface area is 167 Å². The maximum atomic E-state index is 5.74. The van der Waals surface area contributed by atoms with Gasteiger partial charge in [0, 0.05) is 22.8 Å². The lowest BCUT2D eigenvalue weighted by molar-refractivity contribution is 0.415. The number of nitrogens with zero attached hydrogens (tertiary/aromatic N) is 4. The molecule has 0 atom stereocenters. The van der Waals surface area contributed by atoms with Gasteiger partial charge in [-0.15, -0.1) is 0 Å². The maximum Gasteiger partial charge on any atom is 0.123 e. The van der Waals surface area contributed by atoms with Crippen molar-refractivity contribution < 1.29 is 4.74 Å². The van der Waals surface area contributed by atoms with Crippen LogP contribution in [0.5, 0.6) is 5.75 Å². The van der Waals surface area contributed by atoms with Crippen molar-refractivity contribution in [2.24, 2.45) is 0 Å². The second-order valence-corrected chi connectivity index (χ2v) is 6.89. The van der Waals surface area contributed by atoms with Gasteiger partial charge in [-0.2, -0.15) is 0 Å². The number of aryl methyl sites for hydroxylation is 1. The van der Waals surface area contributed by atoms with Gasteiger partial charge in [-0.1, -0.05) is 6.07 Å². The summed E-state index contributed by atoms with van der Waals surface area (Å²) in [5.74, 6) is 2.23. The number of fused-ring (bicyclic) bond motifs is 3. The highest BCUT2D eigenvalue weighted by atomic mass is 16.5. The lowest BCUT2D eigenvalue weighted by Crippen LogP contribution is -1.98. The van der Waals surface area contributed by atoms with E-state index in [-0.39, 0.29) is 0 Å². The molecule has 142 valence electrons. The normalized spacial score (nSPS) is 11.2. The molecule has 6 nitrogen and oxygen atoms in total. The van der Waals surface area contributed by atoms with Gasteiger partial charge >= 0.3 is 0 Å². The van der Waals surface area contributed by atoms with Crippen LogP contribution in [0.1, 0.15) is 5.82 Å². The molecule has 0 aliphatic heterocycles. The minimum atomic E-state index is 0.506. The van der Waals surface area contributed by atoms with Crippen LogP contribution < -0.4 is 10.5 Å². The molecule has 5 aromatic rings. The summed E-state index contributed by atoms with van der Waals surface area (Å²) in [5, 5.41) is 1.04. The smallest absolute Gasteiger partial charge is 0.123 e. The first-order valence-electron chi connectivity index (χ1n) is 9.28. The fourth-order valence-electron chi connectivity index (χ4n) is 3.67. The third kappa shape index (κ3) is 2.86. The molecule has 2 N–H and O–H groups in total. The molecule has 3 aromatic heterocycles. The zero-order valence-electron chi connectivity index (χ0n) is 16.1. The Morgan fingerprint density at radius 2 is 1.66 bits per heavy atom. The van der Waals surface area contributed by atoms with Gasteiger partial charge in [-0.25, -0.2) is 9.97 Å². The standard InChI is InChI=1S/C23H19N5O/c1-14-27-21-13-25-20-9-3-15(16-4-10-22(24)26-12-16)11-19(20)23(21)28(14)17-5-7-18(29-2)8-6-17/h3-13H,1-2H3,(H2,24,26). The van der Waals surface area contributed by atoms with Crippen molar-refractivity contribution in [3.8, 4) is 22.6 Å². The minimum Gasteiger partial charge on any atom is -0.497 e. The van der Waals surface area contributed by atoms with Gasteiger partial charge in [0.25, 0.3) is 0 Å².